The fraction of sp³-hybridized carbons (Fsp3) is 0.429. The molecule has 6 heterocycles. The topological polar surface area (TPSA) is 391 Å². The number of fused-ring (bicyclic) bond motifs is 6. The molecule has 0 aliphatic heterocycles. The van der Waals surface area contributed by atoms with Crippen molar-refractivity contribution in [2.45, 2.75) is 72.8 Å². The number of benzene rings is 6. The quantitative estimate of drug-likeness (QED) is 0.0177. The highest BCUT2D eigenvalue weighted by molar-refractivity contribution is 7.90. The van der Waals surface area contributed by atoms with Crippen molar-refractivity contribution >= 4 is 126 Å². The highest BCUT2D eigenvalue weighted by atomic mass is 32.2. The number of aromatic amines is 6. The SMILES string of the molecule is [2H]c1c(CS(=O)(=O)NC([2H])([2H])[2H])c([2H])c2c(C([2H])([2H])CN(C([2H])([2H])[2H])C([2H])([2H])[2H])c[nH]c2c1[2H].[2H]c1c(CS(=O)(=O)NC([2H])([2H])[2H])c([2H])c2c(C([2H])([2H])CN(C)C([2H])([2H])[2H])c[nH]c2c1[2H].[2H]c1c(CS(=O)(=O)NC([2H])([2H])[2H])c([2H])c2c(C([2H])([2H])CN(C)C)c[nH]c2c1[2H].[2H]c1c(CS(=O)(=O)NC)c([2H])c2c(C([2H])([2H])C([2H])([2H])N(C([2H])([2H])[2H])C([2H])([2H])[2H])c[nH]c2c1[2H].[2H]c1c(CS(=O)(=O)NC)c([2H])c2c(C([2H])([2H])C([2H])([2H])N(C)C([2H])([2H])[2H])c[nH]c2c1[2H].[2H]c1c(CS(=O)(=O)NC)c([2H])c2c(C([2H])([2H])C([2H])([2H])N(C)C)c[nH]c2c1[2H]. The number of aromatic nitrogens is 6. The van der Waals surface area contributed by atoms with Crippen molar-refractivity contribution < 1.29 is 137 Å². The minimum Gasteiger partial charge on any atom is -0.361 e. The van der Waals surface area contributed by atoms with E-state index < -0.39 is 375 Å². The monoisotopic (exact) mass is 1830 g/mol. The number of H-pyrrole nitrogens is 6. The van der Waals surface area contributed by atoms with Crippen LogP contribution in [-0.2, 0) is 133 Å². The van der Waals surface area contributed by atoms with Crippen LogP contribution in [0, 0.1) is 0 Å². The lowest BCUT2D eigenvalue weighted by Crippen LogP contribution is -2.20. The van der Waals surface area contributed by atoms with E-state index in [1.54, 1.807) is 19.0 Å². The van der Waals surface area contributed by atoms with Gasteiger partial charge in [-0.15, -0.1) is 0 Å². The van der Waals surface area contributed by atoms with Crippen LogP contribution in [0.3, 0.4) is 0 Å². The first-order chi connectivity index (χ1) is 81.5. The second-order valence-corrected chi connectivity index (χ2v) is 36.0. The first-order valence-corrected chi connectivity index (χ1v) is 43.7. The van der Waals surface area contributed by atoms with Gasteiger partial charge in [-0.3, -0.25) is 0 Å². The van der Waals surface area contributed by atoms with Crippen LogP contribution in [0.4, 0.5) is 0 Å². The molecule has 12 rings (SSSR count). The summed E-state index contributed by atoms with van der Waals surface area (Å²) in [4.78, 5) is 18.5. The molecule has 12 N–H and O–H groups in total. The third-order valence-electron chi connectivity index (χ3n) is 15.0. The van der Waals surface area contributed by atoms with Gasteiger partial charge in [-0.1, -0.05) is 36.3 Å². The van der Waals surface area contributed by atoms with Gasteiger partial charge in [-0.2, -0.15) is 0 Å². The largest absolute Gasteiger partial charge is 0.361 e. The van der Waals surface area contributed by atoms with E-state index >= 15 is 0 Å². The van der Waals surface area contributed by atoms with Crippen LogP contribution in [0.1, 0.15) is 153 Å². The third kappa shape index (κ3) is 31.9. The molecule has 0 spiro atoms. The van der Waals surface area contributed by atoms with Gasteiger partial charge >= 0.3 is 0 Å². The Morgan fingerprint density at radius 2 is 0.483 bits per heavy atom. The van der Waals surface area contributed by atoms with Gasteiger partial charge < -0.3 is 59.3 Å². The first kappa shape index (κ1) is 42.0. The molecule has 0 unspecified atom stereocenters. The molecule has 30 nitrogen and oxygen atoms in total. The molecule has 0 saturated carbocycles. The van der Waals surface area contributed by atoms with E-state index in [9.17, 15) is 50.5 Å². The zero-order chi connectivity index (χ0) is 143. The first-order valence-electron chi connectivity index (χ1n) is 65.2. The van der Waals surface area contributed by atoms with Crippen LogP contribution < -0.4 is 28.3 Å². The summed E-state index contributed by atoms with van der Waals surface area (Å²) in [5, 5.41) is -1.39. The maximum absolute atomic E-state index is 12.2. The van der Waals surface area contributed by atoms with E-state index in [1.807, 2.05) is 9.44 Å². The number of nitrogens with zero attached hydrogens (tertiary/aromatic N) is 6. The molecule has 0 bridgehead atoms. The van der Waals surface area contributed by atoms with Crippen LogP contribution in [0.5, 0.6) is 0 Å². The van der Waals surface area contributed by atoms with Crippen molar-refractivity contribution in [1.29, 1.82) is 0 Å². The predicted octanol–water partition coefficient (Wildman–Crippen LogP) is 7.93. The highest BCUT2D eigenvalue weighted by Crippen LogP contribution is 2.28. The summed E-state index contributed by atoms with van der Waals surface area (Å²) in [7, 11) is -13.7. The smallest absolute Gasteiger partial charge is 0.215 e. The van der Waals surface area contributed by atoms with E-state index in [4.69, 9.17) is 86.4 Å². The molecular formula is C84H126N18O12S6. The second kappa shape index (κ2) is 45.2. The van der Waals surface area contributed by atoms with Crippen molar-refractivity contribution in [2.24, 2.45) is 0 Å². The Kier molecular flexibility index (Phi) is 15.8. The second-order valence-electron chi connectivity index (χ2n) is 25.0. The van der Waals surface area contributed by atoms with Crippen molar-refractivity contribution in [3.63, 3.8) is 0 Å². The molecule has 0 fully saturated rings. The van der Waals surface area contributed by atoms with Gasteiger partial charge in [0.05, 0.1) is 59.2 Å². The average Bonchev–Trinajstić information content (AvgIpc) is 1.60. The molecule has 6 aromatic heterocycles. The van der Waals surface area contributed by atoms with E-state index in [0.29, 0.717) is 0 Å². The molecule has 120 heavy (non-hydrogen) atoms. The Bertz CT molecular complexity index is 9150. The van der Waals surface area contributed by atoms with Crippen LogP contribution in [0.2, 0.25) is 0 Å². The lowest BCUT2D eigenvalue weighted by molar-refractivity contribution is 0.414. The number of aryl methyl sites for hydroxylation is 3. The summed E-state index contributed by atoms with van der Waals surface area (Å²) in [5.74, 6) is -5.65. The number of hydrogen-bond donors (Lipinski definition) is 12. The molecule has 0 saturated heterocycles. The summed E-state index contributed by atoms with van der Waals surface area (Å²) in [6.07, 6.45) is -9.48. The predicted molar refractivity (Wildman–Crippen MR) is 493 cm³/mol. The molecule has 36 heteroatoms. The number of nitrogens with one attached hydrogen (secondary N) is 12. The number of hydrogen-bond acceptors (Lipinski definition) is 18. The van der Waals surface area contributed by atoms with E-state index in [1.165, 1.54) is 48.6 Å². The Morgan fingerprint density at radius 3 is 0.700 bits per heavy atom. The summed E-state index contributed by atoms with van der Waals surface area (Å²) >= 11 is 0. The van der Waals surface area contributed by atoms with Crippen molar-refractivity contribution in [3.8, 4) is 0 Å². The van der Waals surface area contributed by atoms with Crippen molar-refractivity contribution in [1.82, 2.24) is 87.6 Å². The minimum absolute atomic E-state index is 0.00642. The molecule has 660 valence electrons. The molecule has 6 aromatic carbocycles. The van der Waals surface area contributed by atoms with Crippen molar-refractivity contribution in [3.05, 3.63) is 213 Å². The molecule has 0 atom stereocenters. The fourth-order valence-corrected chi connectivity index (χ4v) is 13.3. The van der Waals surface area contributed by atoms with Crippen LogP contribution in [-0.4, -0.2) is 275 Å². The van der Waals surface area contributed by atoms with Crippen LogP contribution in [0.15, 0.2) is 146 Å². The van der Waals surface area contributed by atoms with E-state index in [2.05, 4.69) is 34.6 Å². The Balaban J connectivity index is 0.000000293. The Labute approximate surface area is 799 Å². The lowest BCUT2D eigenvalue weighted by atomic mass is 10.1. The van der Waals surface area contributed by atoms with Crippen LogP contribution in [0.25, 0.3) is 65.4 Å². The highest BCUT2D eigenvalue weighted by Gasteiger charge is 2.19. The molecule has 0 radical (unpaired) electrons. The number of sulfonamides is 6. The molecular weight excluding hydrogens is 1650 g/mol. The number of likely N-dealkylation sites (N-methyl/N-ethyl adjacent to an activating group) is 6. The Morgan fingerprint density at radius 1 is 0.275 bits per heavy atom. The maximum Gasteiger partial charge on any atom is 0.215 e. The van der Waals surface area contributed by atoms with Crippen molar-refractivity contribution in [2.75, 3.05) is 165 Å². The third-order valence-corrected chi connectivity index (χ3v) is 21.8. The summed E-state index contributed by atoms with van der Waals surface area (Å²) in [6, 6.07) is -9.84. The van der Waals surface area contributed by atoms with Gasteiger partial charge in [0.1, 0.15) is 0 Å². The molecule has 0 aliphatic rings. The zero-order valence-electron chi connectivity index (χ0n) is 128. The molecule has 0 aliphatic carbocycles. The molecule has 0 amide bonds. The van der Waals surface area contributed by atoms with Crippen LogP contribution >= 0.6 is 0 Å². The maximum atomic E-state index is 12.2. The Hall–Kier alpha value is -8.22. The normalized spacial score (nSPS) is 22.1. The zero-order valence-corrected chi connectivity index (χ0v) is 69.8. The van der Waals surface area contributed by atoms with Gasteiger partial charge in [0.15, 0.2) is 0 Å². The standard InChI is InChI=1S/6C14H21N3O2S/c6*1-15-20(18,19)10-11-4-5-14-13(8-11)12(9-16-14)6-7-17(2)3/h6*4-5,8-9,15-16H,6-7,10H2,1-3H3/i2D3,3D3,4D,5D,6D2,7D2,8D;1D3,2D3,3D3,4D,5D,6D2,8D;2D3,4D,5D,6D2,7D2,8D;1D3,2D3,4D,5D,6D2,8D;4D,5D,6D2,7D2,8D;1D3,4D,5D,6D2,8D. The number of rotatable bonds is 36. The van der Waals surface area contributed by atoms with Gasteiger partial charge in [-0.25, -0.2) is 78.8 Å². The minimum atomic E-state index is -4.61. The van der Waals surface area contributed by atoms with Gasteiger partial charge in [0.2, 0.25) is 60.1 Å². The van der Waals surface area contributed by atoms with E-state index in [-0.39, 0.29) is 116 Å². The summed E-state index contributed by atoms with van der Waals surface area (Å²) < 4.78 is 648. The fourth-order valence-electron chi connectivity index (χ4n) is 9.49. The van der Waals surface area contributed by atoms with Gasteiger partial charge in [-0.05, 0) is 304 Å². The average molecular weight is 1840 g/mol. The lowest BCUT2D eigenvalue weighted by Gasteiger charge is -2.08. The summed E-state index contributed by atoms with van der Waals surface area (Å²) in [6.45, 7) is -39.2. The summed E-state index contributed by atoms with van der Waals surface area (Å²) in [5.41, 5.74) is -5.14. The van der Waals surface area contributed by atoms with E-state index in [0.717, 1.165) is 61.9 Å². The molecule has 12 aromatic rings. The van der Waals surface area contributed by atoms with Gasteiger partial charge in [0, 0.05) is 203 Å². The van der Waals surface area contributed by atoms with Gasteiger partial charge in [0.25, 0.3) is 0 Å².